The first-order chi connectivity index (χ1) is 14.2. The molecule has 2 unspecified atom stereocenters. The molecule has 4 fully saturated rings. The summed E-state index contributed by atoms with van der Waals surface area (Å²) in [5.74, 6) is 2.09. The van der Waals surface area contributed by atoms with Crippen molar-refractivity contribution in [1.29, 1.82) is 0 Å². The molecule has 3 N–H and O–H groups in total. The number of β-amino-alcohol motifs (C(OH)–C–C–N with tert-alkyl or cyclic N) is 1. The van der Waals surface area contributed by atoms with Gasteiger partial charge in [0.1, 0.15) is 0 Å². The molecule has 7 atom stereocenters. The molecule has 4 aliphatic rings. The number of aliphatic hydroxyl groups excluding tert-OH is 2. The Labute approximate surface area is 183 Å². The minimum absolute atomic E-state index is 0.385. The summed E-state index contributed by atoms with van der Waals surface area (Å²) >= 11 is 0. The SMILES string of the molecule is CC(CN1CCC(C)(O)C1)[C@H]1CC[C@H]2C(=CC=C3C[C@@H](O)C[C@@H](O)C3)CCC[C@]12C. The lowest BCUT2D eigenvalue weighted by atomic mass is 9.61. The van der Waals surface area contributed by atoms with Gasteiger partial charge in [0.05, 0.1) is 17.8 Å². The molecular formula is C26H43NO3. The molecule has 0 bridgehead atoms. The summed E-state index contributed by atoms with van der Waals surface area (Å²) in [6.07, 6.45) is 13.0. The van der Waals surface area contributed by atoms with E-state index in [-0.39, 0.29) is 0 Å². The number of rotatable bonds is 4. The van der Waals surface area contributed by atoms with Crippen molar-refractivity contribution in [3.63, 3.8) is 0 Å². The van der Waals surface area contributed by atoms with Crippen molar-refractivity contribution >= 4 is 0 Å². The molecular weight excluding hydrogens is 374 g/mol. The van der Waals surface area contributed by atoms with Gasteiger partial charge in [-0.3, -0.25) is 0 Å². The van der Waals surface area contributed by atoms with Crippen LogP contribution in [0.3, 0.4) is 0 Å². The predicted octanol–water partition coefficient (Wildman–Crippen LogP) is 4.05. The van der Waals surface area contributed by atoms with Crippen LogP contribution in [0.4, 0.5) is 0 Å². The minimum atomic E-state index is -0.504. The standard InChI is InChI=1S/C26H43NO3/c1-18(16-27-12-11-25(2,30)17-27)23-8-9-24-20(5-4-10-26(23,24)3)7-6-19-13-21(28)15-22(29)14-19/h6-7,18,21-24,28-30H,4-5,8-17H2,1-3H3/t18?,21-,22+,23-,24+,25?,26-/m1/s1. The Morgan fingerprint density at radius 2 is 1.83 bits per heavy atom. The Morgan fingerprint density at radius 1 is 1.10 bits per heavy atom. The smallest absolute Gasteiger partial charge is 0.0758 e. The van der Waals surface area contributed by atoms with Crippen LogP contribution < -0.4 is 0 Å². The second kappa shape index (κ2) is 8.69. The first-order valence-corrected chi connectivity index (χ1v) is 12.4. The normalized spacial score (nSPS) is 46.5. The monoisotopic (exact) mass is 417 g/mol. The molecule has 0 aromatic carbocycles. The zero-order valence-electron chi connectivity index (χ0n) is 19.3. The van der Waals surface area contributed by atoms with Crippen molar-refractivity contribution in [2.75, 3.05) is 19.6 Å². The maximum atomic E-state index is 10.3. The highest BCUT2D eigenvalue weighted by Gasteiger charge is 2.51. The van der Waals surface area contributed by atoms with Crippen molar-refractivity contribution in [3.8, 4) is 0 Å². The molecule has 0 aromatic heterocycles. The molecule has 170 valence electrons. The second-order valence-corrected chi connectivity index (χ2v) is 11.6. The van der Waals surface area contributed by atoms with Crippen LogP contribution in [-0.2, 0) is 0 Å². The number of aliphatic hydroxyl groups is 3. The highest BCUT2D eigenvalue weighted by atomic mass is 16.3. The van der Waals surface area contributed by atoms with E-state index in [9.17, 15) is 15.3 Å². The van der Waals surface area contributed by atoms with Gasteiger partial charge in [-0.25, -0.2) is 0 Å². The van der Waals surface area contributed by atoms with E-state index in [0.717, 1.165) is 32.0 Å². The Bertz CT molecular complexity index is 672. The molecule has 3 saturated carbocycles. The maximum absolute atomic E-state index is 10.3. The number of allylic oxidation sites excluding steroid dienone is 3. The van der Waals surface area contributed by atoms with Gasteiger partial charge in [-0.2, -0.15) is 0 Å². The van der Waals surface area contributed by atoms with Gasteiger partial charge in [0.2, 0.25) is 0 Å². The molecule has 1 aliphatic heterocycles. The molecule has 0 spiro atoms. The van der Waals surface area contributed by atoms with Crippen molar-refractivity contribution in [2.24, 2.45) is 23.2 Å². The molecule has 4 rings (SSSR count). The summed E-state index contributed by atoms with van der Waals surface area (Å²) in [6.45, 7) is 9.92. The summed E-state index contributed by atoms with van der Waals surface area (Å²) in [5.41, 5.74) is 2.68. The highest BCUT2D eigenvalue weighted by Crippen LogP contribution is 2.59. The van der Waals surface area contributed by atoms with E-state index in [1.54, 1.807) is 5.57 Å². The summed E-state index contributed by atoms with van der Waals surface area (Å²) in [6, 6.07) is 0. The molecule has 30 heavy (non-hydrogen) atoms. The third kappa shape index (κ3) is 4.72. The predicted molar refractivity (Wildman–Crippen MR) is 121 cm³/mol. The molecule has 1 heterocycles. The summed E-state index contributed by atoms with van der Waals surface area (Å²) in [5, 5.41) is 30.3. The van der Waals surface area contributed by atoms with E-state index >= 15 is 0 Å². The van der Waals surface area contributed by atoms with Crippen LogP contribution >= 0.6 is 0 Å². The average Bonchev–Trinajstić information content (AvgIpc) is 3.18. The fourth-order valence-corrected chi connectivity index (χ4v) is 7.47. The maximum Gasteiger partial charge on any atom is 0.0758 e. The highest BCUT2D eigenvalue weighted by molar-refractivity contribution is 5.26. The fourth-order valence-electron chi connectivity index (χ4n) is 7.47. The Hall–Kier alpha value is -0.680. The van der Waals surface area contributed by atoms with Crippen LogP contribution in [-0.4, -0.2) is 57.7 Å². The van der Waals surface area contributed by atoms with Gasteiger partial charge >= 0.3 is 0 Å². The topological polar surface area (TPSA) is 63.9 Å². The molecule has 0 aromatic rings. The summed E-state index contributed by atoms with van der Waals surface area (Å²) in [7, 11) is 0. The Morgan fingerprint density at radius 3 is 2.50 bits per heavy atom. The van der Waals surface area contributed by atoms with Crippen molar-refractivity contribution < 1.29 is 15.3 Å². The third-order valence-corrected chi connectivity index (χ3v) is 8.87. The first kappa shape index (κ1) is 22.5. The van der Waals surface area contributed by atoms with E-state index in [1.165, 1.54) is 37.7 Å². The molecule has 0 radical (unpaired) electrons. The number of likely N-dealkylation sites (tertiary alicyclic amines) is 1. The van der Waals surface area contributed by atoms with Crippen LogP contribution in [0.1, 0.15) is 78.6 Å². The number of fused-ring (bicyclic) bond motifs is 1. The number of hydrogen-bond acceptors (Lipinski definition) is 4. The molecule has 4 nitrogen and oxygen atoms in total. The molecule has 0 amide bonds. The van der Waals surface area contributed by atoms with Crippen LogP contribution in [0.25, 0.3) is 0 Å². The lowest BCUT2D eigenvalue weighted by molar-refractivity contribution is 0.0547. The largest absolute Gasteiger partial charge is 0.393 e. The van der Waals surface area contributed by atoms with Gasteiger partial charge in [0.15, 0.2) is 0 Å². The second-order valence-electron chi connectivity index (χ2n) is 11.6. The van der Waals surface area contributed by atoms with E-state index in [1.807, 2.05) is 6.92 Å². The molecule has 3 aliphatic carbocycles. The summed E-state index contributed by atoms with van der Waals surface area (Å²) < 4.78 is 0. The molecule has 4 heteroatoms. The Balaban J connectivity index is 1.44. The van der Waals surface area contributed by atoms with Gasteiger partial charge < -0.3 is 20.2 Å². The van der Waals surface area contributed by atoms with Gasteiger partial charge in [-0.1, -0.05) is 37.1 Å². The van der Waals surface area contributed by atoms with E-state index < -0.39 is 17.8 Å². The van der Waals surface area contributed by atoms with Gasteiger partial charge in [-0.15, -0.1) is 0 Å². The van der Waals surface area contributed by atoms with Crippen molar-refractivity contribution in [3.05, 3.63) is 23.3 Å². The zero-order chi connectivity index (χ0) is 21.5. The van der Waals surface area contributed by atoms with Crippen LogP contribution in [0.15, 0.2) is 23.3 Å². The minimum Gasteiger partial charge on any atom is -0.393 e. The van der Waals surface area contributed by atoms with Crippen molar-refractivity contribution in [2.45, 2.75) is 96.4 Å². The van der Waals surface area contributed by atoms with Gasteiger partial charge in [-0.05, 0) is 87.9 Å². The fraction of sp³-hybridized carbons (Fsp3) is 0.846. The average molecular weight is 418 g/mol. The van der Waals surface area contributed by atoms with E-state index in [0.29, 0.717) is 36.5 Å². The lowest BCUT2D eigenvalue weighted by Crippen LogP contribution is -2.40. The van der Waals surface area contributed by atoms with Crippen LogP contribution in [0.5, 0.6) is 0 Å². The van der Waals surface area contributed by atoms with Gasteiger partial charge in [0.25, 0.3) is 0 Å². The van der Waals surface area contributed by atoms with Gasteiger partial charge in [0, 0.05) is 19.6 Å². The quantitative estimate of drug-likeness (QED) is 0.646. The summed E-state index contributed by atoms with van der Waals surface area (Å²) in [4.78, 5) is 2.48. The third-order valence-electron chi connectivity index (χ3n) is 8.87. The zero-order valence-corrected chi connectivity index (χ0v) is 19.3. The van der Waals surface area contributed by atoms with E-state index in [4.69, 9.17) is 0 Å². The molecule has 1 saturated heterocycles. The van der Waals surface area contributed by atoms with Crippen LogP contribution in [0.2, 0.25) is 0 Å². The number of hydrogen-bond donors (Lipinski definition) is 3. The Kier molecular flexibility index (Phi) is 6.52. The van der Waals surface area contributed by atoms with E-state index in [2.05, 4.69) is 30.9 Å². The van der Waals surface area contributed by atoms with Crippen LogP contribution in [0, 0.1) is 23.2 Å². The number of nitrogens with zero attached hydrogens (tertiary/aromatic N) is 1. The first-order valence-electron chi connectivity index (χ1n) is 12.4. The lowest BCUT2D eigenvalue weighted by Gasteiger charge is -2.45. The van der Waals surface area contributed by atoms with Crippen molar-refractivity contribution in [1.82, 2.24) is 4.90 Å².